The van der Waals surface area contributed by atoms with E-state index in [-0.39, 0.29) is 62.3 Å². The van der Waals surface area contributed by atoms with Crippen molar-refractivity contribution in [3.63, 3.8) is 0 Å². The van der Waals surface area contributed by atoms with Gasteiger partial charge in [-0.2, -0.15) is 0 Å². The first-order valence-electron chi connectivity index (χ1n) is 12.0. The summed E-state index contributed by atoms with van der Waals surface area (Å²) in [5, 5.41) is 50.9. The molecule has 40 heavy (non-hydrogen) atoms. The normalized spacial score (nSPS) is 26.3. The number of ether oxygens (including phenoxy) is 3. The molecule has 8 atom stereocenters. The summed E-state index contributed by atoms with van der Waals surface area (Å²) in [6.45, 7) is -0.789. The monoisotopic (exact) mass is 608 g/mol. The Morgan fingerprint density at radius 2 is 1.85 bits per heavy atom. The van der Waals surface area contributed by atoms with Gasteiger partial charge in [-0.25, -0.2) is 0 Å². The summed E-state index contributed by atoms with van der Waals surface area (Å²) in [5.41, 5.74) is 0. The van der Waals surface area contributed by atoms with Crippen LogP contribution in [0, 0.1) is 0 Å². The van der Waals surface area contributed by atoms with Crippen LogP contribution in [0.5, 0.6) is 0 Å². The van der Waals surface area contributed by atoms with E-state index in [4.69, 9.17) is 18.7 Å². The Morgan fingerprint density at radius 1 is 1.20 bits per heavy atom. The number of phosphoric ester groups is 1. The summed E-state index contributed by atoms with van der Waals surface area (Å²) in [6.07, 6.45) is -8.40. The number of carbonyl (C=O) groups excluding carboxylic acids is 3. The fourth-order valence-electron chi connectivity index (χ4n) is 3.44. The summed E-state index contributed by atoms with van der Waals surface area (Å²) < 4.78 is 37.1. The van der Waals surface area contributed by atoms with Gasteiger partial charge in [0, 0.05) is 31.7 Å². The Morgan fingerprint density at radius 3 is 2.45 bits per heavy atom. The minimum absolute atomic E-state index is 0. The van der Waals surface area contributed by atoms with Crippen LogP contribution in [-0.2, 0) is 42.2 Å². The Kier molecular flexibility index (Phi) is 16.7. The number of phosphoric acid groups is 1. The molecule has 0 saturated carbocycles. The second-order valence-electron chi connectivity index (χ2n) is 8.57. The van der Waals surface area contributed by atoms with Crippen molar-refractivity contribution in [2.24, 2.45) is 0 Å². The van der Waals surface area contributed by atoms with E-state index in [0.29, 0.717) is 0 Å². The second kappa shape index (κ2) is 17.9. The van der Waals surface area contributed by atoms with Crippen LogP contribution in [0.1, 0.15) is 13.3 Å². The first-order chi connectivity index (χ1) is 18.4. The van der Waals surface area contributed by atoms with Crippen LogP contribution >= 0.6 is 7.82 Å². The number of nitrogens with one attached hydrogen (secondary N) is 1. The zero-order chi connectivity index (χ0) is 29.2. The van der Waals surface area contributed by atoms with Crippen LogP contribution in [0.15, 0.2) is 12.2 Å². The van der Waals surface area contributed by atoms with Crippen LogP contribution in [0.3, 0.4) is 0 Å². The topological polar surface area (TPSA) is 254 Å². The standard InChI is InChI=1S/C21H35N2O15P.Na/c1-12(25)18(30)13(26)11-35-21-19(31)20(14(10-24)37-21)38-39(32,33)36-9-8-34-7-5-22-15(27)4-6-23-16(28)2-3-17(23)29;/h2-3,12-14,18-21,24-26,30-31H,4-11H2,1H3,(H,22,27)(H,32,33);/q;+1/p-1. The first kappa shape index (κ1) is 37.2. The van der Waals surface area contributed by atoms with Gasteiger partial charge in [-0.15, -0.1) is 0 Å². The van der Waals surface area contributed by atoms with Gasteiger partial charge in [0.25, 0.3) is 19.6 Å². The van der Waals surface area contributed by atoms with Crippen molar-refractivity contribution in [1.29, 1.82) is 0 Å². The van der Waals surface area contributed by atoms with E-state index >= 15 is 0 Å². The molecule has 2 aliphatic heterocycles. The van der Waals surface area contributed by atoms with E-state index in [1.54, 1.807) is 0 Å². The van der Waals surface area contributed by atoms with Crippen molar-refractivity contribution < 1.29 is 102 Å². The van der Waals surface area contributed by atoms with Gasteiger partial charge in [-0.1, -0.05) is 0 Å². The van der Waals surface area contributed by atoms with E-state index in [1.165, 1.54) is 6.92 Å². The summed E-state index contributed by atoms with van der Waals surface area (Å²) >= 11 is 0. The van der Waals surface area contributed by atoms with E-state index in [1.807, 2.05) is 0 Å². The van der Waals surface area contributed by atoms with Crippen molar-refractivity contribution in [3.8, 4) is 0 Å². The third kappa shape index (κ3) is 11.8. The molecular formula is C21H34N2NaO15P. The van der Waals surface area contributed by atoms with Crippen LogP contribution in [0.2, 0.25) is 0 Å². The van der Waals surface area contributed by atoms with Crippen LogP contribution in [0.4, 0.5) is 0 Å². The van der Waals surface area contributed by atoms with Gasteiger partial charge in [0.05, 0.1) is 39.1 Å². The predicted molar refractivity (Wildman–Crippen MR) is 124 cm³/mol. The first-order valence-corrected chi connectivity index (χ1v) is 13.4. The smallest absolute Gasteiger partial charge is 0.756 e. The summed E-state index contributed by atoms with van der Waals surface area (Å²) in [7, 11) is -5.02. The molecule has 0 spiro atoms. The maximum Gasteiger partial charge on any atom is 1.00 e. The number of hydrogen-bond donors (Lipinski definition) is 6. The largest absolute Gasteiger partial charge is 1.00 e. The fraction of sp³-hybridized carbons (Fsp3) is 0.762. The van der Waals surface area contributed by atoms with Gasteiger partial charge in [-0.3, -0.25) is 23.8 Å². The van der Waals surface area contributed by atoms with Crippen LogP contribution < -0.4 is 39.8 Å². The Bertz CT molecular complexity index is 891. The molecule has 0 aromatic heterocycles. The molecule has 0 radical (unpaired) electrons. The van der Waals surface area contributed by atoms with E-state index in [0.717, 1.165) is 17.1 Å². The molecule has 0 aromatic rings. The SMILES string of the molecule is CC(O)C(O)C(O)COC1OC(CO)C(OP(=O)([O-])OCCOCCNC(=O)CCN2C(=O)C=CC2=O)C1O.[Na+]. The number of amides is 3. The summed E-state index contributed by atoms with van der Waals surface area (Å²) in [5.74, 6) is -1.41. The Balaban J connectivity index is 0.00000800. The molecule has 8 unspecified atom stereocenters. The molecule has 0 bridgehead atoms. The molecule has 224 valence electrons. The number of aliphatic hydroxyl groups excluding tert-OH is 5. The van der Waals surface area contributed by atoms with Crippen molar-refractivity contribution in [2.45, 2.75) is 56.3 Å². The molecule has 3 amide bonds. The van der Waals surface area contributed by atoms with Crippen LogP contribution in [-0.4, -0.2) is 137 Å². The zero-order valence-corrected chi connectivity index (χ0v) is 25.0. The molecule has 1 fully saturated rings. The van der Waals surface area contributed by atoms with Crippen molar-refractivity contribution in [3.05, 3.63) is 12.2 Å². The Labute approximate surface area is 251 Å². The number of aliphatic hydroxyl groups is 5. The van der Waals surface area contributed by atoms with Gasteiger partial charge in [0.1, 0.15) is 30.5 Å². The maximum atomic E-state index is 12.2. The Hall–Kier alpha value is -0.860. The average Bonchev–Trinajstić information content (AvgIpc) is 3.36. The predicted octanol–water partition coefficient (Wildman–Crippen LogP) is -7.49. The zero-order valence-electron chi connectivity index (χ0n) is 22.1. The van der Waals surface area contributed by atoms with Gasteiger partial charge in [0.2, 0.25) is 5.91 Å². The molecule has 1 saturated heterocycles. The molecule has 2 heterocycles. The number of hydrogen-bond acceptors (Lipinski definition) is 15. The minimum Gasteiger partial charge on any atom is -0.756 e. The molecule has 0 aromatic carbocycles. The van der Waals surface area contributed by atoms with Crippen molar-refractivity contribution >= 4 is 25.5 Å². The molecule has 6 N–H and O–H groups in total. The third-order valence-corrected chi connectivity index (χ3v) is 6.55. The molecule has 2 aliphatic rings. The fourth-order valence-corrected chi connectivity index (χ4v) is 4.36. The number of rotatable bonds is 18. The van der Waals surface area contributed by atoms with E-state index < -0.39 is 88.3 Å². The van der Waals surface area contributed by atoms with Gasteiger partial charge in [0.15, 0.2) is 6.29 Å². The quantitative estimate of drug-likeness (QED) is 0.0366. The molecular weight excluding hydrogens is 574 g/mol. The third-order valence-electron chi connectivity index (χ3n) is 5.55. The molecule has 19 heteroatoms. The van der Waals surface area contributed by atoms with Gasteiger partial charge < -0.3 is 59.0 Å². The minimum atomic E-state index is -5.02. The van der Waals surface area contributed by atoms with E-state index in [9.17, 15) is 49.4 Å². The van der Waals surface area contributed by atoms with E-state index in [2.05, 4.69) is 9.84 Å². The second-order valence-corrected chi connectivity index (χ2v) is 9.94. The van der Waals surface area contributed by atoms with Crippen LogP contribution in [0.25, 0.3) is 0 Å². The van der Waals surface area contributed by atoms with Crippen molar-refractivity contribution in [2.75, 3.05) is 46.1 Å². The average molecular weight is 608 g/mol. The van der Waals surface area contributed by atoms with Gasteiger partial charge in [-0.05, 0) is 6.92 Å². The number of imide groups is 1. The molecule has 2 rings (SSSR count). The molecule has 17 nitrogen and oxygen atoms in total. The molecule has 0 aliphatic carbocycles. The van der Waals surface area contributed by atoms with Gasteiger partial charge >= 0.3 is 29.6 Å². The summed E-state index contributed by atoms with van der Waals surface area (Å²) in [4.78, 5) is 47.7. The summed E-state index contributed by atoms with van der Waals surface area (Å²) in [6, 6.07) is 0. The maximum absolute atomic E-state index is 12.2. The number of nitrogens with zero attached hydrogens (tertiary/aromatic N) is 1. The van der Waals surface area contributed by atoms with Crippen molar-refractivity contribution in [1.82, 2.24) is 10.2 Å². The number of carbonyl (C=O) groups is 3.